The molecule has 73 heavy (non-hydrogen) atoms. The maximum atomic E-state index is 14.0. The summed E-state index contributed by atoms with van der Waals surface area (Å²) in [5, 5.41) is 56.8. The minimum Gasteiger partial charge on any atom is -0.481 e. The van der Waals surface area contributed by atoms with E-state index >= 15 is 0 Å². The van der Waals surface area contributed by atoms with Crippen molar-refractivity contribution >= 4 is 77.0 Å². The van der Waals surface area contributed by atoms with Gasteiger partial charge in [0.15, 0.2) is 0 Å². The molecule has 0 aliphatic rings. The molecule has 29 nitrogen and oxygen atoms in total. The molecule has 1 heterocycles. The number of nitrogens with zero attached hydrogens (tertiary/aromatic N) is 1. The lowest BCUT2D eigenvalue weighted by Crippen LogP contribution is -2.61. The summed E-state index contributed by atoms with van der Waals surface area (Å²) in [6.45, 7) is 11.0. The number of H-pyrrole nitrogens is 1. The highest BCUT2D eigenvalue weighted by atomic mass is 16.4. The Bertz CT molecular complexity index is 2130. The number of carboxylic acid groups (broad SMARTS) is 4. The molecule has 29 heteroatoms. The number of aliphatic carboxylic acids is 4. The normalized spacial score (nSPS) is 14.8. The molecule has 0 spiro atoms. The highest BCUT2D eigenvalue weighted by molar-refractivity contribution is 5.99. The molecule has 0 aromatic carbocycles. The zero-order valence-corrected chi connectivity index (χ0v) is 41.6. The van der Waals surface area contributed by atoms with Crippen molar-refractivity contribution < 1.29 is 82.8 Å². The fourth-order valence-electron chi connectivity index (χ4n) is 6.78. The predicted octanol–water partition coefficient (Wildman–Crippen LogP) is -3.91. The van der Waals surface area contributed by atoms with Crippen LogP contribution in [-0.2, 0) is 68.7 Å². The fraction of sp³-hybridized carbons (Fsp3) is 0.636. The number of hydrogen-bond donors (Lipinski definition) is 15. The minimum absolute atomic E-state index is 0.0541. The number of carbonyl (C=O) groups excluding carboxylic acids is 9. The van der Waals surface area contributed by atoms with Gasteiger partial charge in [-0.15, -0.1) is 0 Å². The van der Waals surface area contributed by atoms with Crippen molar-refractivity contribution in [2.24, 2.45) is 29.2 Å². The number of carboxylic acids is 4. The first-order valence-corrected chi connectivity index (χ1v) is 23.2. The van der Waals surface area contributed by atoms with Crippen LogP contribution in [0.2, 0.25) is 0 Å². The Balaban J connectivity index is 3.50. The van der Waals surface area contributed by atoms with Gasteiger partial charge in [0.05, 0.1) is 25.2 Å². The number of carbonyl (C=O) groups is 13. The first-order valence-electron chi connectivity index (χ1n) is 23.2. The summed E-state index contributed by atoms with van der Waals surface area (Å²) in [7, 11) is 0. The van der Waals surface area contributed by atoms with E-state index in [0.717, 1.165) is 6.92 Å². The van der Waals surface area contributed by atoms with Crippen LogP contribution >= 0.6 is 0 Å². The van der Waals surface area contributed by atoms with E-state index in [0.29, 0.717) is 0 Å². The van der Waals surface area contributed by atoms with E-state index in [-0.39, 0.29) is 43.2 Å². The number of hydrogen-bond acceptors (Lipinski definition) is 15. The van der Waals surface area contributed by atoms with Gasteiger partial charge in [-0.25, -0.2) is 9.78 Å². The summed E-state index contributed by atoms with van der Waals surface area (Å²) in [4.78, 5) is 173. The van der Waals surface area contributed by atoms with Crippen LogP contribution in [0.1, 0.15) is 106 Å². The molecule has 1 aromatic rings. The van der Waals surface area contributed by atoms with Gasteiger partial charge in [-0.05, 0) is 50.4 Å². The average Bonchev–Trinajstić information content (AvgIpc) is 3.79. The van der Waals surface area contributed by atoms with Crippen LogP contribution in [0.4, 0.5) is 0 Å². The Labute approximate surface area is 419 Å². The summed E-state index contributed by atoms with van der Waals surface area (Å²) >= 11 is 0. The summed E-state index contributed by atoms with van der Waals surface area (Å²) in [6, 6.07) is -14.3. The molecule has 9 amide bonds. The number of amides is 9. The molecule has 9 atom stereocenters. The van der Waals surface area contributed by atoms with Gasteiger partial charge in [0, 0.05) is 31.2 Å². The monoisotopic (exact) mass is 1040 g/mol. The first kappa shape index (κ1) is 63.3. The highest BCUT2D eigenvalue weighted by Gasteiger charge is 2.36. The zero-order chi connectivity index (χ0) is 55.9. The Hall–Kier alpha value is -7.72. The summed E-state index contributed by atoms with van der Waals surface area (Å²) in [5.74, 6) is -16.6. The molecule has 0 fully saturated rings. The zero-order valence-electron chi connectivity index (χ0n) is 41.6. The van der Waals surface area contributed by atoms with Crippen LogP contribution in [0.3, 0.4) is 0 Å². The van der Waals surface area contributed by atoms with Gasteiger partial charge in [-0.1, -0.05) is 41.5 Å². The standard InChI is InChI=1S/C44H70N12O17/c1-19(2)12-26(51-37(65)24(45)8-10-31(46)57)40(68)52-27(13-20(3)4)41(69)55-30(16-34(62)63)43(71)50-25(9-11-32(58)59)38(66)53-28(14-23-17-47-18-48-23)42(70)54-29(15-33(60)61)39(67)49-22(7)36(64)56-35(21(5)6)44(72)73/h17-22,24-30,35H,8-16,45H2,1-7H3,(H2,46,57)(H,47,48)(H,49,67)(H,50,71)(H,51,65)(H,52,68)(H,53,66)(H,54,70)(H,55,69)(H,56,64)(H,58,59)(H,60,61)(H,62,63)(H,72,73)/t22-,24-,25-,26-,27-,28-,29-,30-,35-/m0/s1. The molecule has 0 aliphatic heterocycles. The van der Waals surface area contributed by atoms with Crippen molar-refractivity contribution in [3.63, 3.8) is 0 Å². The third-order valence-corrected chi connectivity index (χ3v) is 10.6. The number of aromatic nitrogens is 2. The van der Waals surface area contributed by atoms with Crippen LogP contribution in [0.5, 0.6) is 0 Å². The van der Waals surface area contributed by atoms with Crippen molar-refractivity contribution in [3.8, 4) is 0 Å². The third-order valence-electron chi connectivity index (χ3n) is 10.6. The molecule has 0 bridgehead atoms. The van der Waals surface area contributed by atoms with Crippen LogP contribution < -0.4 is 54.0 Å². The quantitative estimate of drug-likeness (QED) is 0.0314. The van der Waals surface area contributed by atoms with E-state index < -0.39 is 169 Å². The number of nitrogens with one attached hydrogen (secondary N) is 9. The first-order chi connectivity index (χ1) is 33.9. The van der Waals surface area contributed by atoms with E-state index in [1.165, 1.54) is 26.4 Å². The molecule has 17 N–H and O–H groups in total. The molecule has 408 valence electrons. The molecule has 1 aromatic heterocycles. The molecule has 0 unspecified atom stereocenters. The van der Waals surface area contributed by atoms with Crippen LogP contribution in [0, 0.1) is 17.8 Å². The SMILES string of the molecule is CC(C)C[C@H](NC(=O)[C@H](CC(C)C)NC(=O)[C@@H](N)CCC(N)=O)C(=O)N[C@@H](CC(=O)O)C(=O)N[C@@H](CCC(=O)O)C(=O)N[C@@H](Cc1cnc[nH]1)C(=O)N[C@@H](CC(=O)O)C(=O)N[C@@H](C)C(=O)N[C@H](C(=O)O)C(C)C. The smallest absolute Gasteiger partial charge is 0.326 e. The largest absolute Gasteiger partial charge is 0.481 e. The molecular weight excluding hydrogens is 969 g/mol. The highest BCUT2D eigenvalue weighted by Crippen LogP contribution is 2.12. The summed E-state index contributed by atoms with van der Waals surface area (Å²) < 4.78 is 0. The molecule has 0 saturated heterocycles. The second kappa shape index (κ2) is 30.9. The van der Waals surface area contributed by atoms with Gasteiger partial charge >= 0.3 is 23.9 Å². The number of rotatable bonds is 34. The van der Waals surface area contributed by atoms with Gasteiger partial charge < -0.3 is 79.4 Å². The molecular formula is C44H70N12O17. The van der Waals surface area contributed by atoms with Crippen molar-refractivity contribution in [2.75, 3.05) is 0 Å². The average molecular weight is 1040 g/mol. The van der Waals surface area contributed by atoms with E-state index in [1.54, 1.807) is 27.7 Å². The number of aromatic amines is 1. The number of nitrogens with two attached hydrogens (primary N) is 2. The van der Waals surface area contributed by atoms with Gasteiger partial charge in [-0.2, -0.15) is 0 Å². The van der Waals surface area contributed by atoms with Crippen LogP contribution in [-0.4, -0.2) is 162 Å². The number of primary amides is 1. The van der Waals surface area contributed by atoms with E-state index in [4.69, 9.17) is 11.5 Å². The maximum absolute atomic E-state index is 14.0. The van der Waals surface area contributed by atoms with E-state index in [2.05, 4.69) is 52.5 Å². The Morgan fingerprint density at radius 3 is 1.37 bits per heavy atom. The predicted molar refractivity (Wildman–Crippen MR) is 253 cm³/mol. The van der Waals surface area contributed by atoms with Crippen molar-refractivity contribution in [3.05, 3.63) is 18.2 Å². The van der Waals surface area contributed by atoms with Gasteiger partial charge in [0.25, 0.3) is 0 Å². The van der Waals surface area contributed by atoms with Crippen molar-refractivity contribution in [1.29, 1.82) is 0 Å². The lowest BCUT2D eigenvalue weighted by Gasteiger charge is -2.28. The topological polar surface area (TPSA) is 480 Å². The van der Waals surface area contributed by atoms with Gasteiger partial charge in [0.1, 0.15) is 48.3 Å². The van der Waals surface area contributed by atoms with Crippen LogP contribution in [0.15, 0.2) is 12.5 Å². The Kier molecular flexibility index (Phi) is 26.8. The molecule has 0 aliphatic carbocycles. The van der Waals surface area contributed by atoms with Crippen molar-refractivity contribution in [2.45, 2.75) is 161 Å². The molecule has 0 radical (unpaired) electrons. The Morgan fingerprint density at radius 2 is 0.945 bits per heavy atom. The third kappa shape index (κ3) is 24.3. The Morgan fingerprint density at radius 1 is 0.521 bits per heavy atom. The van der Waals surface area contributed by atoms with Crippen molar-refractivity contribution in [1.82, 2.24) is 52.5 Å². The van der Waals surface area contributed by atoms with E-state index in [9.17, 15) is 82.8 Å². The molecule has 1 rings (SSSR count). The lowest BCUT2D eigenvalue weighted by atomic mass is 9.99. The van der Waals surface area contributed by atoms with Gasteiger partial charge in [0.2, 0.25) is 53.2 Å². The van der Waals surface area contributed by atoms with Crippen LogP contribution in [0.25, 0.3) is 0 Å². The second-order valence-corrected chi connectivity index (χ2v) is 18.4. The van der Waals surface area contributed by atoms with Gasteiger partial charge in [-0.3, -0.25) is 57.5 Å². The summed E-state index contributed by atoms with van der Waals surface area (Å²) in [6.07, 6.45) is -2.06. The summed E-state index contributed by atoms with van der Waals surface area (Å²) in [5.41, 5.74) is 11.2. The minimum atomic E-state index is -1.99. The number of imidazole rings is 1. The fourth-order valence-corrected chi connectivity index (χ4v) is 6.78. The maximum Gasteiger partial charge on any atom is 0.326 e. The molecule has 0 saturated carbocycles. The second-order valence-electron chi connectivity index (χ2n) is 18.4. The lowest BCUT2D eigenvalue weighted by molar-refractivity contribution is -0.144. The van der Waals surface area contributed by atoms with E-state index in [1.807, 2.05) is 0 Å².